The number of alkyl halides is 6. The fourth-order valence-corrected chi connectivity index (χ4v) is 2.88. The third-order valence-corrected chi connectivity index (χ3v) is 4.12. The van der Waals surface area contributed by atoms with Crippen LogP contribution in [0.25, 0.3) is 21.5 Å². The van der Waals surface area contributed by atoms with Crippen molar-refractivity contribution < 1.29 is 35.9 Å². The standard InChI is InChI=1S/C19H13F6NO2/c1-2-28-17(27)26-16-7-10-3-4-11(18(20,21)22)8-14(10)15-9-12(19(23,24)25)5-6-13(15)16/h3-9H,2H2,1H3,(H,26,27). The van der Waals surface area contributed by atoms with Crippen LogP contribution in [0.4, 0.5) is 36.8 Å². The number of fused-ring (bicyclic) bond motifs is 3. The Balaban J connectivity index is 2.32. The largest absolute Gasteiger partial charge is 0.450 e. The first-order valence-corrected chi connectivity index (χ1v) is 8.09. The van der Waals surface area contributed by atoms with Gasteiger partial charge in [-0.15, -0.1) is 0 Å². The molecule has 3 aromatic carbocycles. The second-order valence-corrected chi connectivity index (χ2v) is 5.96. The highest BCUT2D eigenvalue weighted by Gasteiger charge is 2.32. The van der Waals surface area contributed by atoms with Crippen molar-refractivity contribution in [2.24, 2.45) is 0 Å². The summed E-state index contributed by atoms with van der Waals surface area (Å²) in [6.45, 7) is 1.65. The van der Waals surface area contributed by atoms with Crippen molar-refractivity contribution in [3.05, 3.63) is 53.6 Å². The summed E-state index contributed by atoms with van der Waals surface area (Å²) in [5.74, 6) is 0. The number of anilines is 1. The normalized spacial score (nSPS) is 12.4. The van der Waals surface area contributed by atoms with Gasteiger partial charge in [-0.25, -0.2) is 4.79 Å². The molecule has 0 spiro atoms. The molecule has 28 heavy (non-hydrogen) atoms. The Morgan fingerprint density at radius 1 is 0.857 bits per heavy atom. The average molecular weight is 401 g/mol. The predicted octanol–water partition coefficient (Wildman–Crippen LogP) is 6.60. The summed E-state index contributed by atoms with van der Waals surface area (Å²) in [5.41, 5.74) is -1.86. The maximum atomic E-state index is 13.1. The number of carbonyl (C=O) groups is 1. The maximum absolute atomic E-state index is 13.1. The zero-order valence-electron chi connectivity index (χ0n) is 14.3. The molecule has 148 valence electrons. The van der Waals surface area contributed by atoms with E-state index in [1.807, 2.05) is 0 Å². The van der Waals surface area contributed by atoms with Gasteiger partial charge in [0.15, 0.2) is 0 Å². The number of carbonyl (C=O) groups excluding carboxylic acids is 1. The SMILES string of the molecule is CCOC(=O)Nc1cc2ccc(C(F)(F)F)cc2c2cc(C(F)(F)F)ccc12. The van der Waals surface area contributed by atoms with Gasteiger partial charge in [0.2, 0.25) is 0 Å². The average Bonchev–Trinajstić information content (AvgIpc) is 2.59. The van der Waals surface area contributed by atoms with Crippen molar-refractivity contribution in [3.8, 4) is 0 Å². The minimum absolute atomic E-state index is 0.00895. The van der Waals surface area contributed by atoms with Gasteiger partial charge in [-0.1, -0.05) is 12.1 Å². The second-order valence-electron chi connectivity index (χ2n) is 5.96. The molecule has 3 rings (SSSR count). The first-order chi connectivity index (χ1) is 13.0. The molecule has 0 unspecified atom stereocenters. The lowest BCUT2D eigenvalue weighted by molar-refractivity contribution is -0.138. The number of halogens is 6. The highest BCUT2D eigenvalue weighted by Crippen LogP contribution is 2.39. The number of rotatable bonds is 2. The Morgan fingerprint density at radius 2 is 1.43 bits per heavy atom. The van der Waals surface area contributed by atoms with Gasteiger partial charge in [-0.2, -0.15) is 26.3 Å². The molecule has 1 N–H and O–H groups in total. The molecule has 0 heterocycles. The molecule has 3 aromatic rings. The van der Waals surface area contributed by atoms with Crippen LogP contribution in [0.15, 0.2) is 42.5 Å². The molecular weight excluding hydrogens is 388 g/mol. The van der Waals surface area contributed by atoms with E-state index < -0.39 is 29.6 Å². The van der Waals surface area contributed by atoms with E-state index in [2.05, 4.69) is 5.32 Å². The van der Waals surface area contributed by atoms with Crippen LogP contribution in [0.3, 0.4) is 0 Å². The van der Waals surface area contributed by atoms with Crippen molar-refractivity contribution in [1.29, 1.82) is 0 Å². The van der Waals surface area contributed by atoms with Crippen LogP contribution in [-0.2, 0) is 17.1 Å². The maximum Gasteiger partial charge on any atom is 0.416 e. The zero-order chi connectivity index (χ0) is 20.7. The number of amides is 1. The molecule has 0 fully saturated rings. The number of nitrogens with one attached hydrogen (secondary N) is 1. The minimum Gasteiger partial charge on any atom is -0.450 e. The Kier molecular flexibility index (Phi) is 4.86. The number of benzene rings is 3. The number of hydrogen-bond acceptors (Lipinski definition) is 2. The summed E-state index contributed by atoms with van der Waals surface area (Å²) in [6.07, 6.45) is -10.1. The summed E-state index contributed by atoms with van der Waals surface area (Å²) < 4.78 is 83.3. The zero-order valence-corrected chi connectivity index (χ0v) is 14.3. The molecule has 0 aliphatic carbocycles. The van der Waals surface area contributed by atoms with E-state index in [4.69, 9.17) is 4.74 Å². The van der Waals surface area contributed by atoms with Crippen LogP contribution in [0.2, 0.25) is 0 Å². The first kappa shape index (κ1) is 19.8. The Labute approximate surface area is 154 Å². The van der Waals surface area contributed by atoms with Crippen LogP contribution < -0.4 is 5.32 Å². The van der Waals surface area contributed by atoms with Gasteiger partial charge >= 0.3 is 18.4 Å². The predicted molar refractivity (Wildman–Crippen MR) is 92.1 cm³/mol. The van der Waals surface area contributed by atoms with E-state index in [0.717, 1.165) is 36.4 Å². The lowest BCUT2D eigenvalue weighted by Gasteiger charge is -2.15. The van der Waals surface area contributed by atoms with Crippen LogP contribution in [0, 0.1) is 0 Å². The smallest absolute Gasteiger partial charge is 0.416 e. The van der Waals surface area contributed by atoms with E-state index in [1.165, 1.54) is 6.07 Å². The molecular formula is C19H13F6NO2. The number of hydrogen-bond donors (Lipinski definition) is 1. The third-order valence-electron chi connectivity index (χ3n) is 4.12. The molecule has 1 amide bonds. The highest BCUT2D eigenvalue weighted by atomic mass is 19.4. The van der Waals surface area contributed by atoms with E-state index in [-0.39, 0.29) is 33.8 Å². The quantitative estimate of drug-likeness (QED) is 0.388. The first-order valence-electron chi connectivity index (χ1n) is 8.09. The van der Waals surface area contributed by atoms with Crippen LogP contribution >= 0.6 is 0 Å². The van der Waals surface area contributed by atoms with E-state index in [9.17, 15) is 31.1 Å². The van der Waals surface area contributed by atoms with Gasteiger partial charge in [0, 0.05) is 5.39 Å². The monoisotopic (exact) mass is 401 g/mol. The van der Waals surface area contributed by atoms with Gasteiger partial charge in [-0.05, 0) is 53.4 Å². The van der Waals surface area contributed by atoms with Crippen molar-refractivity contribution in [1.82, 2.24) is 0 Å². The Bertz CT molecular complexity index is 1060. The van der Waals surface area contributed by atoms with Crippen LogP contribution in [0.1, 0.15) is 18.1 Å². The van der Waals surface area contributed by atoms with Crippen LogP contribution in [0.5, 0.6) is 0 Å². The van der Waals surface area contributed by atoms with Gasteiger partial charge in [0.25, 0.3) is 0 Å². The Hall–Kier alpha value is -2.97. The lowest BCUT2D eigenvalue weighted by atomic mass is 9.96. The highest BCUT2D eigenvalue weighted by molar-refractivity contribution is 6.15. The van der Waals surface area contributed by atoms with E-state index in [0.29, 0.717) is 0 Å². The fourth-order valence-electron chi connectivity index (χ4n) is 2.88. The summed E-state index contributed by atoms with van der Waals surface area (Å²) >= 11 is 0. The van der Waals surface area contributed by atoms with Crippen LogP contribution in [-0.4, -0.2) is 12.7 Å². The van der Waals surface area contributed by atoms with Gasteiger partial charge < -0.3 is 4.74 Å². The molecule has 0 atom stereocenters. The lowest BCUT2D eigenvalue weighted by Crippen LogP contribution is -2.13. The van der Waals surface area contributed by atoms with E-state index in [1.54, 1.807) is 6.92 Å². The third kappa shape index (κ3) is 3.83. The fraction of sp³-hybridized carbons (Fsp3) is 0.211. The number of ether oxygens (including phenoxy) is 1. The molecule has 0 saturated carbocycles. The minimum atomic E-state index is -4.67. The van der Waals surface area contributed by atoms with Gasteiger partial charge in [-0.3, -0.25) is 5.32 Å². The molecule has 9 heteroatoms. The molecule has 0 saturated heterocycles. The molecule has 0 bridgehead atoms. The summed E-state index contributed by atoms with van der Waals surface area (Å²) in [6, 6.07) is 6.85. The molecule has 0 aromatic heterocycles. The van der Waals surface area contributed by atoms with Crippen molar-refractivity contribution in [2.45, 2.75) is 19.3 Å². The van der Waals surface area contributed by atoms with Gasteiger partial charge in [0.05, 0.1) is 23.4 Å². The summed E-state index contributed by atoms with van der Waals surface area (Å²) in [4.78, 5) is 11.7. The summed E-state index contributed by atoms with van der Waals surface area (Å²) in [5, 5.41) is 2.75. The van der Waals surface area contributed by atoms with Crippen molar-refractivity contribution >= 4 is 33.3 Å². The molecule has 0 radical (unpaired) electrons. The molecule has 0 aliphatic rings. The second kappa shape index (κ2) is 6.88. The summed E-state index contributed by atoms with van der Waals surface area (Å²) in [7, 11) is 0. The molecule has 3 nitrogen and oxygen atoms in total. The van der Waals surface area contributed by atoms with E-state index >= 15 is 0 Å². The molecule has 0 aliphatic heterocycles. The Morgan fingerprint density at radius 3 is 2.00 bits per heavy atom. The van der Waals surface area contributed by atoms with Crippen molar-refractivity contribution in [3.63, 3.8) is 0 Å². The topological polar surface area (TPSA) is 38.3 Å². The van der Waals surface area contributed by atoms with Crippen molar-refractivity contribution in [2.75, 3.05) is 11.9 Å². The van der Waals surface area contributed by atoms with Gasteiger partial charge in [0.1, 0.15) is 0 Å².